The molecule has 1 rings (SSSR count). The lowest BCUT2D eigenvalue weighted by molar-refractivity contribution is 0.0519. The highest BCUT2D eigenvalue weighted by molar-refractivity contribution is 6.30. The largest absolute Gasteiger partial charge is 0.461 e. The zero-order valence-corrected chi connectivity index (χ0v) is 9.09. The predicted octanol–water partition coefficient (Wildman–Crippen LogP) is 2.43. The zero-order chi connectivity index (χ0) is 12.3. The molecule has 0 fully saturated rings. The van der Waals surface area contributed by atoms with E-state index in [2.05, 4.69) is 9.72 Å². The Bertz CT molecular complexity index is 389. The number of nitrogen functional groups attached to an aromatic ring is 1. The summed E-state index contributed by atoms with van der Waals surface area (Å²) in [6.07, 6.45) is -2.84. The first kappa shape index (κ1) is 12.6. The fourth-order valence-corrected chi connectivity index (χ4v) is 1.35. The molecule has 0 saturated carbocycles. The number of carbonyl (C=O) groups excluding carboxylic acids is 1. The van der Waals surface area contributed by atoms with Crippen LogP contribution >= 0.6 is 11.6 Å². The molecule has 1 aromatic heterocycles. The van der Waals surface area contributed by atoms with Gasteiger partial charge in [0.2, 0.25) is 0 Å². The summed E-state index contributed by atoms with van der Waals surface area (Å²) in [4.78, 5) is 14.7. The Labute approximate surface area is 95.4 Å². The van der Waals surface area contributed by atoms with E-state index in [9.17, 15) is 13.6 Å². The second-order valence-corrected chi connectivity index (χ2v) is 3.18. The van der Waals surface area contributed by atoms with Crippen molar-refractivity contribution in [2.24, 2.45) is 0 Å². The van der Waals surface area contributed by atoms with Crippen molar-refractivity contribution in [3.8, 4) is 0 Å². The number of pyridine rings is 1. The van der Waals surface area contributed by atoms with Crippen molar-refractivity contribution in [1.82, 2.24) is 4.98 Å². The molecule has 1 aromatic rings. The van der Waals surface area contributed by atoms with Gasteiger partial charge in [0, 0.05) is 5.69 Å². The molecular weight excluding hydrogens is 242 g/mol. The monoisotopic (exact) mass is 250 g/mol. The highest BCUT2D eigenvalue weighted by Crippen LogP contribution is 2.31. The standard InChI is InChI=1S/C9H9ClF2N2O2/c1-2-16-9(15)5-3-4(13)6(8(11)12)7(10)14-5/h3,8H,2H2,1H3,(H2,13,14). The smallest absolute Gasteiger partial charge is 0.357 e. The van der Waals surface area contributed by atoms with Crippen molar-refractivity contribution in [3.63, 3.8) is 0 Å². The van der Waals surface area contributed by atoms with Gasteiger partial charge in [0.15, 0.2) is 5.69 Å². The number of carbonyl (C=O) groups is 1. The zero-order valence-electron chi connectivity index (χ0n) is 8.34. The van der Waals surface area contributed by atoms with Crippen LogP contribution < -0.4 is 5.73 Å². The number of hydrogen-bond donors (Lipinski definition) is 1. The fraction of sp³-hybridized carbons (Fsp3) is 0.333. The first-order valence-electron chi connectivity index (χ1n) is 4.38. The van der Waals surface area contributed by atoms with Gasteiger partial charge in [-0.1, -0.05) is 11.6 Å². The predicted molar refractivity (Wildman–Crippen MR) is 54.6 cm³/mol. The minimum atomic E-state index is -2.84. The third-order valence-electron chi connectivity index (χ3n) is 1.75. The molecule has 0 radical (unpaired) electrons. The van der Waals surface area contributed by atoms with E-state index in [1.807, 2.05) is 0 Å². The number of rotatable bonds is 3. The molecule has 0 bridgehead atoms. The maximum absolute atomic E-state index is 12.4. The van der Waals surface area contributed by atoms with Gasteiger partial charge in [0.05, 0.1) is 12.2 Å². The topological polar surface area (TPSA) is 65.2 Å². The normalized spacial score (nSPS) is 10.6. The van der Waals surface area contributed by atoms with E-state index in [0.717, 1.165) is 6.07 Å². The van der Waals surface area contributed by atoms with Crippen LogP contribution in [0.2, 0.25) is 5.15 Å². The Morgan fingerprint density at radius 1 is 1.69 bits per heavy atom. The molecule has 1 heterocycles. The molecule has 16 heavy (non-hydrogen) atoms. The molecule has 0 aromatic carbocycles. The van der Waals surface area contributed by atoms with E-state index in [1.54, 1.807) is 6.92 Å². The fourth-order valence-electron chi connectivity index (χ4n) is 1.07. The third kappa shape index (κ3) is 2.57. The third-order valence-corrected chi connectivity index (χ3v) is 2.03. The van der Waals surface area contributed by atoms with E-state index in [0.29, 0.717) is 0 Å². The van der Waals surface area contributed by atoms with Gasteiger partial charge >= 0.3 is 5.97 Å². The molecule has 4 nitrogen and oxygen atoms in total. The van der Waals surface area contributed by atoms with Gasteiger partial charge in [-0.15, -0.1) is 0 Å². The summed E-state index contributed by atoms with van der Waals surface area (Å²) in [6.45, 7) is 1.75. The summed E-state index contributed by atoms with van der Waals surface area (Å²) in [6, 6.07) is 1.02. The van der Waals surface area contributed by atoms with Crippen molar-refractivity contribution < 1.29 is 18.3 Å². The molecular formula is C9H9ClF2N2O2. The maximum atomic E-state index is 12.4. The van der Waals surface area contributed by atoms with Gasteiger partial charge in [-0.2, -0.15) is 0 Å². The Balaban J connectivity index is 3.14. The van der Waals surface area contributed by atoms with Crippen LogP contribution in [0, 0.1) is 0 Å². The molecule has 0 aliphatic rings. The molecule has 0 saturated heterocycles. The lowest BCUT2D eigenvalue weighted by atomic mass is 10.2. The quantitative estimate of drug-likeness (QED) is 0.661. The molecule has 0 aliphatic heterocycles. The van der Waals surface area contributed by atoms with Crippen LogP contribution in [0.1, 0.15) is 29.4 Å². The molecule has 7 heteroatoms. The number of nitrogens with zero attached hydrogens (tertiary/aromatic N) is 1. The average Bonchev–Trinajstić information content (AvgIpc) is 2.16. The molecule has 0 aliphatic carbocycles. The lowest BCUT2D eigenvalue weighted by Crippen LogP contribution is -2.10. The summed E-state index contributed by atoms with van der Waals surface area (Å²) < 4.78 is 29.5. The highest BCUT2D eigenvalue weighted by atomic mass is 35.5. The molecule has 2 N–H and O–H groups in total. The Morgan fingerprint density at radius 3 is 2.75 bits per heavy atom. The number of anilines is 1. The summed E-state index contributed by atoms with van der Waals surface area (Å²) in [5, 5.41) is -0.488. The van der Waals surface area contributed by atoms with Crippen LogP contribution in [0.4, 0.5) is 14.5 Å². The first-order valence-corrected chi connectivity index (χ1v) is 4.76. The van der Waals surface area contributed by atoms with Gasteiger partial charge in [-0.3, -0.25) is 0 Å². The van der Waals surface area contributed by atoms with E-state index >= 15 is 0 Å². The van der Waals surface area contributed by atoms with Gasteiger partial charge < -0.3 is 10.5 Å². The van der Waals surface area contributed by atoms with Gasteiger partial charge in [0.25, 0.3) is 6.43 Å². The van der Waals surface area contributed by atoms with Crippen molar-refractivity contribution >= 4 is 23.3 Å². The number of aromatic nitrogens is 1. The number of esters is 1. The van der Waals surface area contributed by atoms with Crippen LogP contribution in [-0.4, -0.2) is 17.6 Å². The second-order valence-electron chi connectivity index (χ2n) is 2.82. The van der Waals surface area contributed by atoms with Crippen molar-refractivity contribution in [1.29, 1.82) is 0 Å². The minimum absolute atomic E-state index is 0.147. The van der Waals surface area contributed by atoms with E-state index in [4.69, 9.17) is 17.3 Å². The van der Waals surface area contributed by atoms with Crippen molar-refractivity contribution in [2.75, 3.05) is 12.3 Å². The summed E-state index contributed by atoms with van der Waals surface area (Å²) >= 11 is 5.50. The van der Waals surface area contributed by atoms with Gasteiger partial charge in [-0.05, 0) is 13.0 Å². The van der Waals surface area contributed by atoms with E-state index in [-0.39, 0.29) is 18.0 Å². The Hall–Kier alpha value is -1.43. The van der Waals surface area contributed by atoms with E-state index in [1.165, 1.54) is 0 Å². The highest BCUT2D eigenvalue weighted by Gasteiger charge is 2.20. The maximum Gasteiger partial charge on any atom is 0.357 e. The number of alkyl halides is 2. The van der Waals surface area contributed by atoms with Crippen LogP contribution in [-0.2, 0) is 4.74 Å². The van der Waals surface area contributed by atoms with Gasteiger partial charge in [-0.25, -0.2) is 18.6 Å². The SMILES string of the molecule is CCOC(=O)c1cc(N)c(C(F)F)c(Cl)n1. The van der Waals surface area contributed by atoms with Crippen LogP contribution in [0.15, 0.2) is 6.07 Å². The average molecular weight is 251 g/mol. The summed E-state index contributed by atoms with van der Waals surface area (Å²) in [5.74, 6) is -0.753. The number of ether oxygens (including phenoxy) is 1. The Morgan fingerprint density at radius 2 is 2.31 bits per heavy atom. The Kier molecular flexibility index (Phi) is 4.00. The second kappa shape index (κ2) is 5.07. The molecule has 0 unspecified atom stereocenters. The number of halogens is 3. The van der Waals surface area contributed by atoms with Crippen molar-refractivity contribution in [2.45, 2.75) is 13.3 Å². The first-order chi connectivity index (χ1) is 7.47. The molecule has 0 atom stereocenters. The van der Waals surface area contributed by atoms with E-state index < -0.39 is 23.1 Å². The molecule has 0 amide bonds. The van der Waals surface area contributed by atoms with Gasteiger partial charge in [0.1, 0.15) is 5.15 Å². The molecule has 0 spiro atoms. The van der Waals surface area contributed by atoms with Crippen molar-refractivity contribution in [3.05, 3.63) is 22.5 Å². The molecule has 88 valence electrons. The summed E-state index contributed by atoms with van der Waals surface area (Å²) in [5.41, 5.74) is 4.30. The van der Waals surface area contributed by atoms with Crippen LogP contribution in [0.25, 0.3) is 0 Å². The summed E-state index contributed by atoms with van der Waals surface area (Å²) in [7, 11) is 0. The minimum Gasteiger partial charge on any atom is -0.461 e. The number of hydrogen-bond acceptors (Lipinski definition) is 4. The number of nitrogens with two attached hydrogens (primary N) is 1. The van der Waals surface area contributed by atoms with Crippen LogP contribution in [0.5, 0.6) is 0 Å². The van der Waals surface area contributed by atoms with Crippen LogP contribution in [0.3, 0.4) is 0 Å². The lowest BCUT2D eigenvalue weighted by Gasteiger charge is -2.08.